The number of aromatic nitrogens is 2. The van der Waals surface area contributed by atoms with Gasteiger partial charge in [-0.1, -0.05) is 61.2 Å². The largest absolute Gasteiger partial charge is 0.351 e. The van der Waals surface area contributed by atoms with E-state index < -0.39 is 0 Å². The Bertz CT molecular complexity index is 692. The van der Waals surface area contributed by atoms with Crippen LogP contribution in [0.5, 0.6) is 0 Å². The lowest BCUT2D eigenvalue weighted by Crippen LogP contribution is -2.51. The number of rotatable bonds is 3. The Morgan fingerprint density at radius 2 is 1.60 bits per heavy atom. The minimum atomic E-state index is 0.694. The molecule has 2 aromatic rings. The van der Waals surface area contributed by atoms with Crippen molar-refractivity contribution in [2.45, 2.75) is 38.1 Å². The molecule has 1 aliphatic carbocycles. The summed E-state index contributed by atoms with van der Waals surface area (Å²) in [5.74, 6) is 0.824. The summed E-state index contributed by atoms with van der Waals surface area (Å²) in [6.07, 6.45) is 6.93. The zero-order valence-corrected chi connectivity index (χ0v) is 15.3. The molecule has 0 bridgehead atoms. The smallest absolute Gasteiger partial charge is 0.170 e. The quantitative estimate of drug-likeness (QED) is 0.822. The molecular formula is C20H25ClN4. The number of halogens is 1. The molecule has 132 valence electrons. The van der Waals surface area contributed by atoms with E-state index in [1.807, 2.05) is 36.4 Å². The van der Waals surface area contributed by atoms with E-state index in [9.17, 15) is 0 Å². The third-order valence-corrected chi connectivity index (χ3v) is 5.78. The minimum absolute atomic E-state index is 0.694. The van der Waals surface area contributed by atoms with Gasteiger partial charge in [0.05, 0.1) is 10.7 Å². The Balaban J connectivity index is 1.42. The van der Waals surface area contributed by atoms with Gasteiger partial charge in [0, 0.05) is 37.8 Å². The van der Waals surface area contributed by atoms with Crippen molar-refractivity contribution in [2.75, 3.05) is 31.1 Å². The fourth-order valence-corrected chi connectivity index (χ4v) is 4.33. The first-order valence-electron chi connectivity index (χ1n) is 9.39. The number of hydrogen-bond donors (Lipinski definition) is 0. The maximum absolute atomic E-state index is 6.54. The van der Waals surface area contributed by atoms with Crippen LogP contribution >= 0.6 is 11.6 Å². The minimum Gasteiger partial charge on any atom is -0.351 e. The number of hydrogen-bond acceptors (Lipinski definition) is 4. The summed E-state index contributed by atoms with van der Waals surface area (Å²) in [4.78, 5) is 4.94. The lowest BCUT2D eigenvalue weighted by Gasteiger charge is -2.41. The first-order chi connectivity index (χ1) is 12.3. The van der Waals surface area contributed by atoms with Gasteiger partial charge in [0.1, 0.15) is 0 Å². The van der Waals surface area contributed by atoms with E-state index in [4.69, 9.17) is 11.6 Å². The van der Waals surface area contributed by atoms with E-state index in [-0.39, 0.29) is 0 Å². The summed E-state index contributed by atoms with van der Waals surface area (Å²) in [5, 5.41) is 9.54. The van der Waals surface area contributed by atoms with Crippen molar-refractivity contribution in [3.63, 3.8) is 0 Å². The summed E-state index contributed by atoms with van der Waals surface area (Å²) in [6, 6.07) is 12.8. The third-order valence-electron chi connectivity index (χ3n) is 5.50. The summed E-state index contributed by atoms with van der Waals surface area (Å²) in [6.45, 7) is 4.16. The van der Waals surface area contributed by atoms with Crippen molar-refractivity contribution in [2.24, 2.45) is 0 Å². The van der Waals surface area contributed by atoms with Crippen LogP contribution < -0.4 is 4.90 Å². The molecule has 2 fully saturated rings. The maximum atomic E-state index is 6.54. The monoisotopic (exact) mass is 356 g/mol. The fourth-order valence-electron chi connectivity index (χ4n) is 4.07. The number of benzene rings is 1. The molecule has 5 heteroatoms. The summed E-state index contributed by atoms with van der Waals surface area (Å²) < 4.78 is 0. The van der Waals surface area contributed by atoms with Crippen molar-refractivity contribution in [1.82, 2.24) is 15.1 Å². The summed E-state index contributed by atoms with van der Waals surface area (Å²) >= 11 is 6.54. The summed E-state index contributed by atoms with van der Waals surface area (Å²) in [7, 11) is 0. The molecule has 0 amide bonds. The van der Waals surface area contributed by atoms with Crippen LogP contribution in [-0.4, -0.2) is 47.3 Å². The summed E-state index contributed by atoms with van der Waals surface area (Å²) in [5.41, 5.74) is 1.88. The van der Waals surface area contributed by atoms with Crippen LogP contribution in [0.3, 0.4) is 0 Å². The van der Waals surface area contributed by atoms with Crippen molar-refractivity contribution in [3.8, 4) is 11.3 Å². The second kappa shape index (κ2) is 7.71. The molecule has 25 heavy (non-hydrogen) atoms. The lowest BCUT2D eigenvalue weighted by molar-refractivity contribution is 0.147. The van der Waals surface area contributed by atoms with Crippen molar-refractivity contribution >= 4 is 17.4 Å². The van der Waals surface area contributed by atoms with Gasteiger partial charge in [0.2, 0.25) is 0 Å². The second-order valence-corrected chi connectivity index (χ2v) is 7.49. The van der Waals surface area contributed by atoms with E-state index in [1.165, 1.54) is 32.1 Å². The van der Waals surface area contributed by atoms with Crippen LogP contribution in [0, 0.1) is 0 Å². The third kappa shape index (κ3) is 3.80. The molecular weight excluding hydrogens is 332 g/mol. The maximum Gasteiger partial charge on any atom is 0.170 e. The first kappa shape index (κ1) is 16.8. The zero-order chi connectivity index (χ0) is 17.1. The second-order valence-electron chi connectivity index (χ2n) is 7.08. The Hall–Kier alpha value is -1.65. The van der Waals surface area contributed by atoms with Gasteiger partial charge in [-0.3, -0.25) is 4.90 Å². The highest BCUT2D eigenvalue weighted by atomic mass is 35.5. The van der Waals surface area contributed by atoms with Gasteiger partial charge in [-0.15, -0.1) is 10.2 Å². The van der Waals surface area contributed by atoms with E-state index >= 15 is 0 Å². The topological polar surface area (TPSA) is 32.3 Å². The molecule has 1 saturated heterocycles. The molecule has 1 aromatic carbocycles. The average Bonchev–Trinajstić information content (AvgIpc) is 2.69. The van der Waals surface area contributed by atoms with E-state index in [0.717, 1.165) is 49.3 Å². The SMILES string of the molecule is Clc1cc(-c2ccccc2)nnc1N1CCN(C2CCCCC2)CC1. The fraction of sp³-hybridized carbons (Fsp3) is 0.500. The average molecular weight is 357 g/mol. The van der Waals surface area contributed by atoms with Crippen LogP contribution in [0.25, 0.3) is 11.3 Å². The van der Waals surface area contributed by atoms with E-state index in [2.05, 4.69) is 20.0 Å². The number of piperazine rings is 1. The van der Waals surface area contributed by atoms with Crippen molar-refractivity contribution in [3.05, 3.63) is 41.4 Å². The Kier molecular flexibility index (Phi) is 5.18. The number of anilines is 1. The van der Waals surface area contributed by atoms with E-state index in [1.54, 1.807) is 0 Å². The van der Waals surface area contributed by atoms with E-state index in [0.29, 0.717) is 5.02 Å². The van der Waals surface area contributed by atoms with Gasteiger partial charge >= 0.3 is 0 Å². The highest BCUT2D eigenvalue weighted by Gasteiger charge is 2.26. The molecule has 0 radical (unpaired) electrons. The van der Waals surface area contributed by atoms with Crippen molar-refractivity contribution in [1.29, 1.82) is 0 Å². The van der Waals surface area contributed by atoms with Gasteiger partial charge in [0.25, 0.3) is 0 Å². The molecule has 1 aliphatic heterocycles. The van der Waals surface area contributed by atoms with Crippen LogP contribution in [0.15, 0.2) is 36.4 Å². The van der Waals surface area contributed by atoms with Crippen molar-refractivity contribution < 1.29 is 0 Å². The highest BCUT2D eigenvalue weighted by Crippen LogP contribution is 2.29. The van der Waals surface area contributed by atoms with Crippen LogP contribution in [0.2, 0.25) is 5.02 Å². The molecule has 2 aliphatic rings. The molecule has 1 saturated carbocycles. The predicted molar refractivity (Wildman–Crippen MR) is 103 cm³/mol. The first-order valence-corrected chi connectivity index (χ1v) is 9.77. The van der Waals surface area contributed by atoms with Crippen LogP contribution in [-0.2, 0) is 0 Å². The normalized spacial score (nSPS) is 20.0. The van der Waals surface area contributed by atoms with Gasteiger partial charge < -0.3 is 4.90 Å². The standard InChI is InChI=1S/C20H25ClN4/c21-18-15-19(16-7-3-1-4-8-16)22-23-20(18)25-13-11-24(12-14-25)17-9-5-2-6-10-17/h1,3-4,7-8,15,17H,2,5-6,9-14H2. The zero-order valence-electron chi connectivity index (χ0n) is 14.6. The molecule has 4 nitrogen and oxygen atoms in total. The number of nitrogens with zero attached hydrogens (tertiary/aromatic N) is 4. The van der Waals surface area contributed by atoms with Crippen LogP contribution in [0.1, 0.15) is 32.1 Å². The van der Waals surface area contributed by atoms with Gasteiger partial charge in [0.15, 0.2) is 5.82 Å². The Labute approximate surface area is 154 Å². The van der Waals surface area contributed by atoms with Crippen LogP contribution in [0.4, 0.5) is 5.82 Å². The van der Waals surface area contributed by atoms with Gasteiger partial charge in [-0.2, -0.15) is 0 Å². The molecule has 0 spiro atoms. The molecule has 0 unspecified atom stereocenters. The lowest BCUT2D eigenvalue weighted by atomic mass is 9.94. The van der Waals surface area contributed by atoms with Gasteiger partial charge in [-0.25, -0.2) is 0 Å². The molecule has 1 aromatic heterocycles. The highest BCUT2D eigenvalue weighted by molar-refractivity contribution is 6.33. The molecule has 0 N–H and O–H groups in total. The Morgan fingerprint density at radius 1 is 0.880 bits per heavy atom. The predicted octanol–water partition coefficient (Wildman–Crippen LogP) is 4.25. The molecule has 2 heterocycles. The Morgan fingerprint density at radius 3 is 2.28 bits per heavy atom. The molecule has 4 rings (SSSR count). The van der Waals surface area contributed by atoms with Gasteiger partial charge in [-0.05, 0) is 18.9 Å². The molecule has 0 atom stereocenters.